The van der Waals surface area contributed by atoms with Crippen LogP contribution >= 0.6 is 11.3 Å². The summed E-state index contributed by atoms with van der Waals surface area (Å²) in [6, 6.07) is 6.20. The van der Waals surface area contributed by atoms with Crippen LogP contribution < -0.4 is 0 Å². The van der Waals surface area contributed by atoms with Crippen LogP contribution in [0.2, 0.25) is 0 Å². The number of hydrogen-bond acceptors (Lipinski definition) is 4. The van der Waals surface area contributed by atoms with Crippen molar-refractivity contribution in [3.8, 4) is 0 Å². The van der Waals surface area contributed by atoms with Gasteiger partial charge < -0.3 is 4.90 Å². The van der Waals surface area contributed by atoms with Crippen LogP contribution in [0, 0.1) is 13.8 Å². The topological polar surface area (TPSA) is 40.9 Å². The highest BCUT2D eigenvalue weighted by Crippen LogP contribution is 2.18. The molecule has 1 aromatic carbocycles. The van der Waals surface area contributed by atoms with Crippen molar-refractivity contribution in [3.05, 3.63) is 40.9 Å². The van der Waals surface area contributed by atoms with E-state index in [0.717, 1.165) is 10.8 Å². The zero-order valence-electron chi connectivity index (χ0n) is 11.2. The van der Waals surface area contributed by atoms with Crippen molar-refractivity contribution in [1.29, 1.82) is 0 Å². The molecule has 0 N–H and O–H groups in total. The van der Waals surface area contributed by atoms with Gasteiger partial charge in [0.1, 0.15) is 0 Å². The number of nitrogens with zero attached hydrogens (tertiary/aromatic N) is 4. The van der Waals surface area contributed by atoms with Gasteiger partial charge in [-0.3, -0.25) is 0 Å². The standard InChI is InChI=1S/C14H16N4S/c1-11-4-5-13(12(2)8-11)16-9-18(3)10-17-14-15-6-7-19-14/h4-10H,1-3H3/b16-9?,17-10+. The minimum atomic E-state index is 0.742. The predicted molar refractivity (Wildman–Crippen MR) is 82.1 cm³/mol. The Morgan fingerprint density at radius 2 is 2.00 bits per heavy atom. The lowest BCUT2D eigenvalue weighted by molar-refractivity contribution is 0.801. The van der Waals surface area contributed by atoms with Gasteiger partial charge in [0, 0.05) is 18.6 Å². The second-order valence-corrected chi connectivity index (χ2v) is 5.13. The Morgan fingerprint density at radius 3 is 2.68 bits per heavy atom. The lowest BCUT2D eigenvalue weighted by Gasteiger charge is -2.05. The van der Waals surface area contributed by atoms with Crippen LogP contribution in [-0.4, -0.2) is 29.6 Å². The van der Waals surface area contributed by atoms with Crippen LogP contribution in [0.5, 0.6) is 0 Å². The summed E-state index contributed by atoms with van der Waals surface area (Å²) in [6.45, 7) is 4.14. The summed E-state index contributed by atoms with van der Waals surface area (Å²) < 4.78 is 0. The molecule has 2 rings (SSSR count). The van der Waals surface area contributed by atoms with Crippen molar-refractivity contribution in [2.45, 2.75) is 13.8 Å². The molecule has 0 saturated carbocycles. The Bertz CT molecular complexity index is 587. The van der Waals surface area contributed by atoms with Gasteiger partial charge in [0.05, 0.1) is 18.4 Å². The highest BCUT2D eigenvalue weighted by Gasteiger charge is 1.96. The molecule has 0 bridgehead atoms. The minimum Gasteiger partial charge on any atom is -0.326 e. The molecule has 1 heterocycles. The number of benzene rings is 1. The van der Waals surface area contributed by atoms with Crippen LogP contribution in [-0.2, 0) is 0 Å². The highest BCUT2D eigenvalue weighted by molar-refractivity contribution is 7.13. The van der Waals surface area contributed by atoms with E-state index in [9.17, 15) is 0 Å². The van der Waals surface area contributed by atoms with Crippen molar-refractivity contribution in [1.82, 2.24) is 9.88 Å². The SMILES string of the molecule is Cc1ccc(N=CN(C)/C=N/c2nccs2)c(C)c1. The van der Waals surface area contributed by atoms with E-state index in [1.54, 1.807) is 23.8 Å². The van der Waals surface area contributed by atoms with E-state index >= 15 is 0 Å². The van der Waals surface area contributed by atoms with Gasteiger partial charge in [0.2, 0.25) is 5.13 Å². The minimum absolute atomic E-state index is 0.742. The Labute approximate surface area is 117 Å². The lowest BCUT2D eigenvalue weighted by atomic mass is 10.1. The number of hydrogen-bond donors (Lipinski definition) is 0. The second-order valence-electron chi connectivity index (χ2n) is 4.26. The van der Waals surface area contributed by atoms with Crippen LogP contribution in [0.25, 0.3) is 0 Å². The monoisotopic (exact) mass is 272 g/mol. The van der Waals surface area contributed by atoms with Gasteiger partial charge in [-0.2, -0.15) is 0 Å². The average Bonchev–Trinajstić information content (AvgIpc) is 2.88. The maximum Gasteiger partial charge on any atom is 0.210 e. The van der Waals surface area contributed by atoms with Crippen LogP contribution in [0.4, 0.5) is 10.8 Å². The lowest BCUT2D eigenvalue weighted by Crippen LogP contribution is -2.12. The van der Waals surface area contributed by atoms with Gasteiger partial charge in [-0.25, -0.2) is 15.0 Å². The molecule has 0 aliphatic heterocycles. The molecule has 4 nitrogen and oxygen atoms in total. The zero-order chi connectivity index (χ0) is 13.7. The van der Waals surface area contributed by atoms with Crippen LogP contribution in [0.3, 0.4) is 0 Å². The largest absolute Gasteiger partial charge is 0.326 e. The Morgan fingerprint density at radius 1 is 1.21 bits per heavy atom. The molecule has 1 aromatic heterocycles. The summed E-state index contributed by atoms with van der Waals surface area (Å²) in [5.41, 5.74) is 3.39. The van der Waals surface area contributed by atoms with Crippen molar-refractivity contribution in [2.75, 3.05) is 7.05 Å². The second kappa shape index (κ2) is 6.24. The maximum atomic E-state index is 4.44. The van der Waals surface area contributed by atoms with Crippen molar-refractivity contribution in [3.63, 3.8) is 0 Å². The molecular formula is C14H16N4S. The van der Waals surface area contributed by atoms with Crippen molar-refractivity contribution < 1.29 is 0 Å². The van der Waals surface area contributed by atoms with E-state index < -0.39 is 0 Å². The fourth-order valence-electron chi connectivity index (χ4n) is 1.55. The molecule has 0 fully saturated rings. The van der Waals surface area contributed by atoms with Gasteiger partial charge in [-0.05, 0) is 25.5 Å². The van der Waals surface area contributed by atoms with Gasteiger partial charge in [0.15, 0.2) is 0 Å². The molecule has 0 radical (unpaired) electrons. The van der Waals surface area contributed by atoms with Crippen molar-refractivity contribution in [2.24, 2.45) is 9.98 Å². The predicted octanol–water partition coefficient (Wildman–Crippen LogP) is 3.71. The number of rotatable bonds is 4. The summed E-state index contributed by atoms with van der Waals surface area (Å²) in [5, 5.41) is 2.64. The molecule has 19 heavy (non-hydrogen) atoms. The average molecular weight is 272 g/mol. The third-order valence-electron chi connectivity index (χ3n) is 2.50. The third kappa shape index (κ3) is 3.99. The molecule has 2 aromatic rings. The highest BCUT2D eigenvalue weighted by atomic mass is 32.1. The third-order valence-corrected chi connectivity index (χ3v) is 3.18. The first kappa shape index (κ1) is 13.4. The molecule has 98 valence electrons. The van der Waals surface area contributed by atoms with Crippen molar-refractivity contribution >= 4 is 34.8 Å². The van der Waals surface area contributed by atoms with Gasteiger partial charge >= 0.3 is 0 Å². The zero-order valence-corrected chi connectivity index (χ0v) is 12.1. The number of aryl methyl sites for hydroxylation is 2. The van der Waals surface area contributed by atoms with E-state index in [1.165, 1.54) is 22.5 Å². The van der Waals surface area contributed by atoms with Gasteiger partial charge in [-0.1, -0.05) is 17.7 Å². The maximum absolute atomic E-state index is 4.44. The number of aromatic nitrogens is 1. The van der Waals surface area contributed by atoms with Crippen LogP contribution in [0.15, 0.2) is 39.8 Å². The summed E-state index contributed by atoms with van der Waals surface area (Å²) in [7, 11) is 1.89. The Kier molecular flexibility index (Phi) is 4.41. The van der Waals surface area contributed by atoms with Crippen LogP contribution in [0.1, 0.15) is 11.1 Å². The molecule has 0 amide bonds. The van der Waals surface area contributed by atoms with E-state index in [0.29, 0.717) is 0 Å². The van der Waals surface area contributed by atoms with E-state index in [-0.39, 0.29) is 0 Å². The summed E-state index contributed by atoms with van der Waals surface area (Å²) >= 11 is 1.50. The quantitative estimate of drug-likeness (QED) is 0.629. The molecule has 0 saturated heterocycles. The van der Waals surface area contributed by atoms with Gasteiger partial charge in [0.25, 0.3) is 0 Å². The first-order chi connectivity index (χ1) is 9.15. The normalized spacial score (nSPS) is 11.5. The Balaban J connectivity index is 2.01. The number of aliphatic imine (C=N–C) groups is 2. The fourth-order valence-corrected chi connectivity index (χ4v) is 2.03. The molecule has 0 aliphatic carbocycles. The summed E-state index contributed by atoms with van der Waals surface area (Å²) in [5.74, 6) is 0. The summed E-state index contributed by atoms with van der Waals surface area (Å²) in [4.78, 5) is 14.6. The molecule has 0 aliphatic rings. The molecule has 0 unspecified atom stereocenters. The smallest absolute Gasteiger partial charge is 0.210 e. The molecule has 0 atom stereocenters. The first-order valence-corrected chi connectivity index (χ1v) is 6.80. The fraction of sp³-hybridized carbons (Fsp3) is 0.214. The molecule has 0 spiro atoms. The summed E-state index contributed by atoms with van der Waals surface area (Å²) in [6.07, 6.45) is 5.18. The first-order valence-electron chi connectivity index (χ1n) is 5.92. The van der Waals surface area contributed by atoms with E-state index in [1.807, 2.05) is 18.5 Å². The molecule has 5 heteroatoms. The van der Waals surface area contributed by atoms with E-state index in [2.05, 4.69) is 40.9 Å². The Hall–Kier alpha value is -2.01. The van der Waals surface area contributed by atoms with E-state index in [4.69, 9.17) is 0 Å². The number of thiazole rings is 1. The van der Waals surface area contributed by atoms with Gasteiger partial charge in [-0.15, -0.1) is 11.3 Å². The molecular weight excluding hydrogens is 256 g/mol.